The minimum atomic E-state index is -1.33. The van der Waals surface area contributed by atoms with Crippen molar-refractivity contribution in [3.05, 3.63) is 69.1 Å². The van der Waals surface area contributed by atoms with E-state index in [1.807, 2.05) is 4.90 Å². The number of aromatic nitrogens is 1. The Morgan fingerprint density at radius 3 is 2.47 bits per heavy atom. The molecule has 0 bridgehead atoms. The number of pyridine rings is 2. The van der Waals surface area contributed by atoms with Crippen LogP contribution >= 0.6 is 0 Å². The highest BCUT2D eigenvalue weighted by atomic mass is 19.1. The molecule has 2 N–H and O–H groups in total. The molecule has 4 fully saturated rings. The van der Waals surface area contributed by atoms with Crippen LogP contribution in [-0.4, -0.2) is 66.4 Å². The zero-order valence-corrected chi connectivity index (χ0v) is 24.7. The number of nitrogens with zero attached hydrogens (tertiary/aromatic N) is 3. The normalized spacial score (nSPS) is 23.7. The molecule has 2 aromatic heterocycles. The molecular weight excluding hydrogens is 590 g/mol. The van der Waals surface area contributed by atoms with Gasteiger partial charge in [0.2, 0.25) is 5.91 Å². The van der Waals surface area contributed by atoms with Gasteiger partial charge in [0.1, 0.15) is 11.7 Å². The van der Waals surface area contributed by atoms with Crippen LogP contribution in [0.5, 0.6) is 5.75 Å². The van der Waals surface area contributed by atoms with Gasteiger partial charge in [0, 0.05) is 32.0 Å². The highest BCUT2D eigenvalue weighted by Crippen LogP contribution is 2.54. The molecule has 2 unspecified atom stereocenters. The highest BCUT2D eigenvalue weighted by molar-refractivity contribution is 5.90. The molecule has 2 amide bonds. The Balaban J connectivity index is 1.01. The highest BCUT2D eigenvalue weighted by Gasteiger charge is 2.56. The first-order chi connectivity index (χ1) is 21.5. The third kappa shape index (κ3) is 5.13. The molecule has 11 nitrogen and oxygen atoms in total. The van der Waals surface area contributed by atoms with Gasteiger partial charge in [-0.1, -0.05) is 0 Å². The van der Waals surface area contributed by atoms with Crippen LogP contribution in [0.4, 0.5) is 25.0 Å². The number of cyclic esters (lactones) is 1. The Morgan fingerprint density at radius 1 is 1.09 bits per heavy atom. The molecule has 3 aromatic rings. The van der Waals surface area contributed by atoms with Gasteiger partial charge in [0.15, 0.2) is 17.4 Å². The number of piperidine rings is 1. The molecule has 0 spiro atoms. The van der Waals surface area contributed by atoms with Crippen molar-refractivity contribution >= 4 is 34.9 Å². The second-order valence-electron chi connectivity index (χ2n) is 12.4. The van der Waals surface area contributed by atoms with Gasteiger partial charge in [-0.2, -0.15) is 0 Å². The molecule has 0 radical (unpaired) electrons. The van der Waals surface area contributed by atoms with E-state index in [1.54, 1.807) is 13.0 Å². The van der Waals surface area contributed by atoms with Gasteiger partial charge < -0.3 is 24.8 Å². The molecule has 4 atom stereocenters. The maximum Gasteiger partial charge on any atom is 0.414 e. The number of aromatic carboxylic acids is 1. The molecule has 4 heterocycles. The molecule has 13 heteroatoms. The summed E-state index contributed by atoms with van der Waals surface area (Å²) in [6.07, 6.45) is 1.74. The van der Waals surface area contributed by atoms with Crippen LogP contribution in [0.25, 0.3) is 5.52 Å². The van der Waals surface area contributed by atoms with E-state index in [4.69, 9.17) is 9.47 Å². The minimum absolute atomic E-state index is 0.0677. The molecule has 4 aliphatic rings. The molecule has 236 valence electrons. The molecule has 2 saturated heterocycles. The van der Waals surface area contributed by atoms with Crippen LogP contribution < -0.4 is 25.4 Å². The van der Waals surface area contributed by atoms with Crippen molar-refractivity contribution in [1.82, 2.24) is 9.72 Å². The van der Waals surface area contributed by atoms with Gasteiger partial charge >= 0.3 is 12.1 Å². The number of fused-ring (bicyclic) bond motifs is 2. The summed E-state index contributed by atoms with van der Waals surface area (Å²) in [6, 6.07) is 5.74. The lowest BCUT2D eigenvalue weighted by Crippen LogP contribution is -2.33. The van der Waals surface area contributed by atoms with E-state index in [1.165, 1.54) is 30.0 Å². The topological polar surface area (TPSA) is 130 Å². The van der Waals surface area contributed by atoms with Crippen molar-refractivity contribution in [3.8, 4) is 5.75 Å². The number of nitrogens with one attached hydrogen (secondary N) is 1. The number of carboxylic acid groups (broad SMARTS) is 1. The van der Waals surface area contributed by atoms with Gasteiger partial charge in [-0.25, -0.2) is 18.4 Å². The fraction of sp³-hybridized carbons (Fsp3) is 0.438. The fourth-order valence-corrected chi connectivity index (χ4v) is 7.03. The van der Waals surface area contributed by atoms with Crippen molar-refractivity contribution in [3.63, 3.8) is 0 Å². The monoisotopic (exact) mass is 622 g/mol. The number of carbonyl (C=O) groups excluding carboxylic acids is 2. The first-order valence-electron chi connectivity index (χ1n) is 15.0. The van der Waals surface area contributed by atoms with E-state index < -0.39 is 35.4 Å². The molecule has 2 aliphatic carbocycles. The number of hydrogen-bond acceptors (Lipinski definition) is 7. The van der Waals surface area contributed by atoms with Crippen molar-refractivity contribution in [2.24, 2.45) is 17.8 Å². The molecule has 1 aromatic carbocycles. The van der Waals surface area contributed by atoms with Gasteiger partial charge in [0.25, 0.3) is 5.56 Å². The van der Waals surface area contributed by atoms with E-state index >= 15 is 4.39 Å². The van der Waals surface area contributed by atoms with E-state index in [0.29, 0.717) is 42.2 Å². The predicted octanol–water partition coefficient (Wildman–Crippen LogP) is 3.68. The summed E-state index contributed by atoms with van der Waals surface area (Å²) in [7, 11) is 0. The van der Waals surface area contributed by atoms with Gasteiger partial charge in [0.05, 0.1) is 42.8 Å². The number of ether oxygens (including phenoxy) is 2. The van der Waals surface area contributed by atoms with Crippen molar-refractivity contribution in [2.45, 2.75) is 38.7 Å². The fourth-order valence-electron chi connectivity index (χ4n) is 7.03. The number of aryl methyl sites for hydroxylation is 1. The number of amides is 2. The van der Waals surface area contributed by atoms with Gasteiger partial charge in [-0.3, -0.25) is 18.9 Å². The summed E-state index contributed by atoms with van der Waals surface area (Å²) in [4.78, 5) is 51.3. The van der Waals surface area contributed by atoms with Crippen LogP contribution in [0.15, 0.2) is 35.3 Å². The maximum atomic E-state index is 15.5. The summed E-state index contributed by atoms with van der Waals surface area (Å²) < 4.78 is 42.7. The van der Waals surface area contributed by atoms with Crippen LogP contribution in [0.1, 0.15) is 47.2 Å². The zero-order chi connectivity index (χ0) is 31.7. The maximum absolute atomic E-state index is 15.5. The molecule has 7 rings (SSSR count). The van der Waals surface area contributed by atoms with E-state index in [2.05, 4.69) is 5.32 Å². The summed E-state index contributed by atoms with van der Waals surface area (Å²) >= 11 is 0. The lowest BCUT2D eigenvalue weighted by Gasteiger charge is -2.26. The minimum Gasteiger partial charge on any atom is -0.490 e. The zero-order valence-electron chi connectivity index (χ0n) is 24.7. The first kappa shape index (κ1) is 29.1. The summed E-state index contributed by atoms with van der Waals surface area (Å²) in [6.45, 7) is 4.96. The Morgan fingerprint density at radius 2 is 1.82 bits per heavy atom. The van der Waals surface area contributed by atoms with Crippen LogP contribution in [0, 0.1) is 36.3 Å². The Bertz CT molecular complexity index is 1810. The van der Waals surface area contributed by atoms with Crippen molar-refractivity contribution in [1.29, 1.82) is 0 Å². The molecule has 45 heavy (non-hydrogen) atoms. The Labute approximate surface area is 256 Å². The van der Waals surface area contributed by atoms with E-state index in [9.17, 15) is 28.7 Å². The number of rotatable bonds is 9. The lowest BCUT2D eigenvalue weighted by molar-refractivity contribution is -0.119. The predicted molar refractivity (Wildman–Crippen MR) is 158 cm³/mol. The number of halogens is 2. The third-order valence-corrected chi connectivity index (χ3v) is 9.49. The summed E-state index contributed by atoms with van der Waals surface area (Å²) in [5, 5.41) is 12.1. The number of benzene rings is 1. The standard InChI is InChI=1S/C32H32F2N4O7/c1-15-28-20(17-3-4-17)8-21(31(41)42)30(40)38(28)13-26(34)29(15)36-11-22-23(12-36)24(22)14-44-27-6-5-18(7-25(27)33)37-10-19(45-32(37)43)9-35-16(2)39/h5-8,13,17,19,22-24H,3-4,9-12,14H2,1-2H3,(H,35,39)(H,41,42)/t19?,22-,23+,24?. The second kappa shape index (κ2) is 10.7. The lowest BCUT2D eigenvalue weighted by atomic mass is 10.0. The summed E-state index contributed by atoms with van der Waals surface area (Å²) in [5.41, 5.74) is 1.60. The average Bonchev–Trinajstić information content (AvgIpc) is 3.86. The van der Waals surface area contributed by atoms with Crippen LogP contribution in [-0.2, 0) is 9.53 Å². The smallest absolute Gasteiger partial charge is 0.414 e. The number of hydrogen-bond donors (Lipinski definition) is 2. The quantitative estimate of drug-likeness (QED) is 0.370. The van der Waals surface area contributed by atoms with Crippen molar-refractivity contribution in [2.75, 3.05) is 42.6 Å². The average molecular weight is 623 g/mol. The molecule has 2 saturated carbocycles. The number of anilines is 2. The first-order valence-corrected chi connectivity index (χ1v) is 15.0. The van der Waals surface area contributed by atoms with Crippen molar-refractivity contribution < 1.29 is 37.7 Å². The second-order valence-corrected chi connectivity index (χ2v) is 12.4. The van der Waals surface area contributed by atoms with Crippen LogP contribution in [0.3, 0.4) is 0 Å². The SMILES string of the molecule is CC(=O)NCC1CN(c2ccc(OCC3[C@H]4CN(c5c(F)cn6c(=O)c(C(=O)O)cc(C7CC7)c6c5C)C[C@@H]34)c(F)c2)C(=O)O1. The van der Waals surface area contributed by atoms with Crippen LogP contribution in [0.2, 0.25) is 0 Å². The Hall–Kier alpha value is -4.68. The Kier molecular flexibility index (Phi) is 6.93. The molecule has 2 aliphatic heterocycles. The third-order valence-electron chi connectivity index (χ3n) is 9.49. The summed E-state index contributed by atoms with van der Waals surface area (Å²) in [5.74, 6) is -1.89. The number of carboxylic acids is 1. The van der Waals surface area contributed by atoms with Gasteiger partial charge in [-0.15, -0.1) is 0 Å². The van der Waals surface area contributed by atoms with Gasteiger partial charge in [-0.05, 0) is 66.8 Å². The largest absolute Gasteiger partial charge is 0.490 e. The number of carbonyl (C=O) groups is 3. The molecular formula is C32H32F2N4O7. The van der Waals surface area contributed by atoms with E-state index in [0.717, 1.165) is 29.0 Å². The van der Waals surface area contributed by atoms with E-state index in [-0.39, 0.29) is 54.0 Å².